The fourth-order valence-electron chi connectivity index (χ4n) is 16.3. The van der Waals surface area contributed by atoms with Gasteiger partial charge in [0.05, 0.1) is 45.2 Å². The largest absolute Gasteiger partial charge is 0.308 e. The van der Waals surface area contributed by atoms with Gasteiger partial charge in [0.2, 0.25) is 0 Å². The Labute approximate surface area is 374 Å². The molecule has 0 amide bonds. The lowest BCUT2D eigenvalue weighted by atomic mass is 9.64. The topological polar surface area (TPSA) is 52.0 Å². The van der Waals surface area contributed by atoms with Crippen LogP contribution in [0.25, 0.3) is 54.8 Å². The van der Waals surface area contributed by atoms with E-state index in [0.717, 1.165) is 48.7 Å². The molecular formula is C61H49N3. The number of nitriles is 2. The highest BCUT2D eigenvalue weighted by molar-refractivity contribution is 6.30. The molecule has 0 saturated heterocycles. The SMILES string of the molecule is CC1CC=CC2=C1C1(c3ccccc32)c2ccccc2-c2c1c(C#N)cc1c2c2c3cc(c4c5c6c(c(C#N)cc5n1c24)C1(CCCC1)CC61CCCC1)CCc1cccc(c1)CC3. The van der Waals surface area contributed by atoms with Crippen molar-refractivity contribution in [2.75, 3.05) is 0 Å². The van der Waals surface area contributed by atoms with E-state index < -0.39 is 5.41 Å². The zero-order valence-corrected chi connectivity index (χ0v) is 36.6. The van der Waals surface area contributed by atoms with Crippen molar-refractivity contribution in [3.05, 3.63) is 175 Å². The number of rotatable bonds is 0. The number of hydrogen-bond donors (Lipinski definition) is 0. The molecule has 2 heterocycles. The molecule has 7 aliphatic rings. The molecule has 4 bridgehead atoms. The molecule has 8 aromatic rings. The Bertz CT molecular complexity index is 3620. The van der Waals surface area contributed by atoms with Gasteiger partial charge in [-0.15, -0.1) is 0 Å². The zero-order valence-electron chi connectivity index (χ0n) is 36.6. The van der Waals surface area contributed by atoms with E-state index in [1.807, 2.05) is 0 Å². The molecule has 308 valence electrons. The molecule has 0 N–H and O–H groups in total. The Kier molecular flexibility index (Phi) is 6.87. The third kappa shape index (κ3) is 4.07. The van der Waals surface area contributed by atoms with Gasteiger partial charge in [-0.2, -0.15) is 10.5 Å². The average molecular weight is 824 g/mol. The first-order valence-electron chi connectivity index (χ1n) is 24.4. The molecule has 0 radical (unpaired) electrons. The fraction of sp³-hybridized carbons (Fsp3) is 0.311. The van der Waals surface area contributed by atoms with E-state index in [4.69, 9.17) is 0 Å². The van der Waals surface area contributed by atoms with Crippen molar-refractivity contribution in [1.82, 2.24) is 4.40 Å². The van der Waals surface area contributed by atoms with Crippen LogP contribution in [0.2, 0.25) is 0 Å². The highest BCUT2D eigenvalue weighted by Crippen LogP contribution is 2.69. The standard InChI is InChI=1S/C61H49N3/c1-35-12-10-17-43-42-15-2-4-18-45(42)61(54(35)43)46-19-5-3-16-44(46)51-52-47(30-40(32-62)55(51)61)64-48-31-41(33-63)56-57(60(26-8-9-27-60)34-59(56)24-6-7-25-59)53(48)50-39-23-21-37-14-11-13-36(28-37)20-22-38(29-39)49(52)58(50)64/h2-5,10-11,13-19,28-31,35H,6-9,12,20-27,34H2,1H3. The van der Waals surface area contributed by atoms with E-state index in [0.29, 0.717) is 5.92 Å². The van der Waals surface area contributed by atoms with Crippen LogP contribution in [0.15, 0.2) is 109 Å². The molecule has 2 unspecified atom stereocenters. The summed E-state index contributed by atoms with van der Waals surface area (Å²) < 4.78 is 2.60. The summed E-state index contributed by atoms with van der Waals surface area (Å²) in [4.78, 5) is 0. The van der Waals surface area contributed by atoms with Crippen molar-refractivity contribution >= 4 is 43.7 Å². The van der Waals surface area contributed by atoms with Gasteiger partial charge in [0, 0.05) is 21.5 Å². The monoisotopic (exact) mass is 823 g/mol. The average Bonchev–Trinajstić information content (AvgIpc) is 4.21. The lowest BCUT2D eigenvalue weighted by Gasteiger charge is -2.36. The van der Waals surface area contributed by atoms with Gasteiger partial charge in [-0.3, -0.25) is 0 Å². The first-order chi connectivity index (χ1) is 31.5. The summed E-state index contributed by atoms with van der Waals surface area (Å²) >= 11 is 0. The molecule has 2 atom stereocenters. The lowest BCUT2D eigenvalue weighted by Crippen LogP contribution is -2.31. The van der Waals surface area contributed by atoms with Crippen LogP contribution >= 0.6 is 0 Å². The van der Waals surface area contributed by atoms with Crippen molar-refractivity contribution in [2.24, 2.45) is 5.92 Å². The number of aromatic nitrogens is 1. The normalized spacial score (nSPS) is 22.8. The van der Waals surface area contributed by atoms with E-state index >= 15 is 0 Å². The van der Waals surface area contributed by atoms with Gasteiger partial charge >= 0.3 is 0 Å². The molecule has 6 aromatic carbocycles. The van der Waals surface area contributed by atoms with Gasteiger partial charge in [-0.1, -0.05) is 124 Å². The summed E-state index contributed by atoms with van der Waals surface area (Å²) in [5, 5.41) is 28.6. The minimum absolute atomic E-state index is 0.100. The summed E-state index contributed by atoms with van der Waals surface area (Å²) in [7, 11) is 0. The van der Waals surface area contributed by atoms with Crippen LogP contribution in [0.1, 0.15) is 138 Å². The van der Waals surface area contributed by atoms with E-state index in [1.54, 1.807) is 5.56 Å². The predicted molar refractivity (Wildman–Crippen MR) is 258 cm³/mol. The van der Waals surface area contributed by atoms with Crippen molar-refractivity contribution in [2.45, 2.75) is 113 Å². The molecule has 64 heavy (non-hydrogen) atoms. The number of benzene rings is 6. The second-order valence-corrected chi connectivity index (χ2v) is 21.2. The van der Waals surface area contributed by atoms with Crippen molar-refractivity contribution in [1.29, 1.82) is 10.5 Å². The lowest BCUT2D eigenvalue weighted by molar-refractivity contribution is 0.324. The molecule has 7 aliphatic carbocycles. The van der Waals surface area contributed by atoms with Gasteiger partial charge in [-0.25, -0.2) is 0 Å². The second kappa shape index (κ2) is 12.2. The summed E-state index contributed by atoms with van der Waals surface area (Å²) in [6, 6.07) is 40.7. The van der Waals surface area contributed by atoms with Crippen LogP contribution in [0.5, 0.6) is 0 Å². The van der Waals surface area contributed by atoms with Gasteiger partial charge in [0.1, 0.15) is 0 Å². The smallest absolute Gasteiger partial charge is 0.0996 e. The van der Waals surface area contributed by atoms with Crippen LogP contribution < -0.4 is 0 Å². The highest BCUT2D eigenvalue weighted by Gasteiger charge is 2.58. The Morgan fingerprint density at radius 1 is 0.594 bits per heavy atom. The summed E-state index contributed by atoms with van der Waals surface area (Å²) in [5.41, 5.74) is 24.0. The number of hydrogen-bond acceptors (Lipinski definition) is 2. The van der Waals surface area contributed by atoms with Crippen LogP contribution in [0.3, 0.4) is 0 Å². The van der Waals surface area contributed by atoms with Crippen LogP contribution in [0, 0.1) is 28.6 Å². The molecule has 0 aliphatic heterocycles. The molecule has 2 aromatic heterocycles. The van der Waals surface area contributed by atoms with Gasteiger partial charge in [-0.05, 0) is 171 Å². The molecule has 2 saturated carbocycles. The van der Waals surface area contributed by atoms with E-state index in [1.165, 1.54) is 163 Å². The van der Waals surface area contributed by atoms with Crippen LogP contribution in [-0.2, 0) is 41.9 Å². The number of allylic oxidation sites excluding steroid dienone is 4. The zero-order chi connectivity index (χ0) is 42.3. The van der Waals surface area contributed by atoms with Gasteiger partial charge in [0.25, 0.3) is 0 Å². The molecule has 3 nitrogen and oxygen atoms in total. The van der Waals surface area contributed by atoms with E-state index in [-0.39, 0.29) is 10.8 Å². The summed E-state index contributed by atoms with van der Waals surface area (Å²) in [6.07, 6.45) is 20.7. The number of aryl methyl sites for hydroxylation is 4. The Morgan fingerprint density at radius 2 is 1.19 bits per heavy atom. The minimum atomic E-state index is -0.568. The fourth-order valence-corrected chi connectivity index (χ4v) is 16.3. The quantitative estimate of drug-likeness (QED) is 0.153. The van der Waals surface area contributed by atoms with Gasteiger partial charge < -0.3 is 4.40 Å². The Hall–Kier alpha value is -6.42. The Morgan fingerprint density at radius 3 is 1.88 bits per heavy atom. The van der Waals surface area contributed by atoms with Crippen molar-refractivity contribution < 1.29 is 0 Å². The van der Waals surface area contributed by atoms with E-state index in [9.17, 15) is 10.5 Å². The second-order valence-electron chi connectivity index (χ2n) is 21.2. The molecule has 3 spiro atoms. The first kappa shape index (κ1) is 36.0. The predicted octanol–water partition coefficient (Wildman–Crippen LogP) is 14.2. The minimum Gasteiger partial charge on any atom is -0.308 e. The molecule has 15 rings (SSSR count). The number of nitrogens with zero attached hydrogens (tertiary/aromatic N) is 3. The first-order valence-corrected chi connectivity index (χ1v) is 24.4. The van der Waals surface area contributed by atoms with Crippen molar-refractivity contribution in [3.8, 4) is 23.3 Å². The third-order valence-corrected chi connectivity index (χ3v) is 18.3. The van der Waals surface area contributed by atoms with Crippen LogP contribution in [-0.4, -0.2) is 4.40 Å². The molecule has 2 fully saturated rings. The summed E-state index contributed by atoms with van der Waals surface area (Å²) in [6.45, 7) is 2.40. The van der Waals surface area contributed by atoms with E-state index in [2.05, 4.69) is 127 Å². The molecule has 3 heteroatoms. The summed E-state index contributed by atoms with van der Waals surface area (Å²) in [5.74, 6) is 0.310. The van der Waals surface area contributed by atoms with Crippen molar-refractivity contribution in [3.63, 3.8) is 0 Å². The maximum Gasteiger partial charge on any atom is 0.0996 e. The third-order valence-electron chi connectivity index (χ3n) is 18.3. The maximum absolute atomic E-state index is 11.7. The van der Waals surface area contributed by atoms with Crippen LogP contribution in [0.4, 0.5) is 0 Å². The van der Waals surface area contributed by atoms with Gasteiger partial charge in [0.15, 0.2) is 0 Å². The molecular weight excluding hydrogens is 775 g/mol. The highest BCUT2D eigenvalue weighted by atomic mass is 14.9. The number of fused-ring (bicyclic) bond motifs is 26. The Balaban J connectivity index is 1.17. The maximum atomic E-state index is 11.7.